The zero-order chi connectivity index (χ0) is 12.5. The van der Waals surface area contributed by atoms with Crippen LogP contribution in [0.4, 0.5) is 0 Å². The number of carbonyl (C=O) groups is 1. The van der Waals surface area contributed by atoms with Crippen LogP contribution in [-0.4, -0.2) is 15.7 Å². The summed E-state index contributed by atoms with van der Waals surface area (Å²) in [6, 6.07) is 13.8. The van der Waals surface area contributed by atoms with Crippen molar-refractivity contribution >= 4 is 11.8 Å². The van der Waals surface area contributed by atoms with Gasteiger partial charge >= 0.3 is 0 Å². The number of pyridine rings is 1. The van der Waals surface area contributed by atoms with E-state index in [4.69, 9.17) is 0 Å². The van der Waals surface area contributed by atoms with E-state index in [0.29, 0.717) is 5.69 Å². The molecular weight excluding hydrogens is 224 g/mol. The second kappa shape index (κ2) is 4.11. The van der Waals surface area contributed by atoms with E-state index in [2.05, 4.69) is 4.98 Å². The van der Waals surface area contributed by atoms with Crippen molar-refractivity contribution in [3.8, 4) is 11.4 Å². The zero-order valence-corrected chi connectivity index (χ0v) is 10.00. The molecule has 0 aliphatic rings. The Morgan fingerprint density at radius 1 is 1.11 bits per heavy atom. The molecule has 0 N–H and O–H groups in total. The molecule has 0 spiro atoms. The minimum atomic E-state index is 0.493. The normalized spacial score (nSPS) is 10.7. The van der Waals surface area contributed by atoms with Crippen LogP contribution in [0, 0.1) is 6.92 Å². The highest BCUT2D eigenvalue weighted by Crippen LogP contribution is 2.23. The van der Waals surface area contributed by atoms with Crippen molar-refractivity contribution in [2.75, 3.05) is 0 Å². The number of fused-ring (bicyclic) bond motifs is 1. The lowest BCUT2D eigenvalue weighted by Gasteiger charge is -2.02. The first kappa shape index (κ1) is 10.7. The van der Waals surface area contributed by atoms with Crippen LogP contribution >= 0.6 is 0 Å². The number of rotatable bonds is 2. The van der Waals surface area contributed by atoms with Crippen molar-refractivity contribution in [1.29, 1.82) is 0 Å². The van der Waals surface area contributed by atoms with Crippen LogP contribution in [0.5, 0.6) is 0 Å². The molecule has 3 heteroatoms. The third-order valence-corrected chi connectivity index (χ3v) is 3.04. The Labute approximate surface area is 105 Å². The van der Waals surface area contributed by atoms with Crippen molar-refractivity contribution < 1.29 is 4.79 Å². The van der Waals surface area contributed by atoms with E-state index >= 15 is 0 Å². The van der Waals surface area contributed by atoms with Gasteiger partial charge in [0.05, 0.1) is 5.52 Å². The quantitative estimate of drug-likeness (QED) is 0.641. The van der Waals surface area contributed by atoms with E-state index in [9.17, 15) is 4.79 Å². The standard InChI is InChI=1S/C15H12N2O/c1-11-6-5-9-17-14(11)13(10-18)16-15(17)12-7-3-2-4-8-12/h2-10H,1H3. The van der Waals surface area contributed by atoms with Gasteiger partial charge in [0.25, 0.3) is 0 Å². The summed E-state index contributed by atoms with van der Waals surface area (Å²) in [6.45, 7) is 1.98. The van der Waals surface area contributed by atoms with Gasteiger partial charge in [-0.3, -0.25) is 9.20 Å². The van der Waals surface area contributed by atoms with Gasteiger partial charge in [0, 0.05) is 11.8 Å². The van der Waals surface area contributed by atoms with Gasteiger partial charge in [-0.05, 0) is 18.6 Å². The van der Waals surface area contributed by atoms with Crippen molar-refractivity contribution in [3.63, 3.8) is 0 Å². The molecule has 2 aromatic heterocycles. The van der Waals surface area contributed by atoms with Gasteiger partial charge < -0.3 is 0 Å². The number of carbonyl (C=O) groups excluding carboxylic acids is 1. The summed E-state index contributed by atoms with van der Waals surface area (Å²) in [7, 11) is 0. The molecule has 0 saturated heterocycles. The Morgan fingerprint density at radius 2 is 1.89 bits per heavy atom. The highest BCUT2D eigenvalue weighted by atomic mass is 16.1. The minimum absolute atomic E-state index is 0.493. The molecule has 2 heterocycles. The molecule has 3 rings (SSSR count). The molecule has 18 heavy (non-hydrogen) atoms. The Kier molecular flexibility index (Phi) is 2.45. The SMILES string of the molecule is Cc1cccn2c(-c3ccccc3)nc(C=O)c12. The van der Waals surface area contributed by atoms with Crippen LogP contribution in [0.3, 0.4) is 0 Å². The molecule has 1 aromatic carbocycles. The fourth-order valence-electron chi connectivity index (χ4n) is 2.21. The van der Waals surface area contributed by atoms with E-state index in [1.54, 1.807) is 0 Å². The van der Waals surface area contributed by atoms with Crippen LogP contribution in [0.25, 0.3) is 16.9 Å². The van der Waals surface area contributed by atoms with E-state index in [1.807, 2.05) is 60.0 Å². The first-order chi connectivity index (χ1) is 8.81. The summed E-state index contributed by atoms with van der Waals surface area (Å²) < 4.78 is 1.97. The monoisotopic (exact) mass is 236 g/mol. The molecule has 88 valence electrons. The Balaban J connectivity index is 2.38. The molecule has 0 aliphatic heterocycles. The molecule has 3 nitrogen and oxygen atoms in total. The van der Waals surface area contributed by atoms with E-state index < -0.39 is 0 Å². The molecule has 0 aliphatic carbocycles. The van der Waals surface area contributed by atoms with Gasteiger partial charge in [0.1, 0.15) is 11.5 Å². The second-order valence-electron chi connectivity index (χ2n) is 4.21. The maximum Gasteiger partial charge on any atom is 0.170 e. The summed E-state index contributed by atoms with van der Waals surface area (Å²) in [5, 5.41) is 0. The lowest BCUT2D eigenvalue weighted by atomic mass is 10.2. The highest BCUT2D eigenvalue weighted by molar-refractivity contribution is 5.87. The summed E-state index contributed by atoms with van der Waals surface area (Å²) in [5.41, 5.74) is 3.43. The Hall–Kier alpha value is -2.42. The smallest absolute Gasteiger partial charge is 0.170 e. The largest absolute Gasteiger partial charge is 0.299 e. The van der Waals surface area contributed by atoms with Crippen LogP contribution in [0.2, 0.25) is 0 Å². The highest BCUT2D eigenvalue weighted by Gasteiger charge is 2.13. The molecular formula is C15H12N2O. The van der Waals surface area contributed by atoms with Gasteiger partial charge in [-0.15, -0.1) is 0 Å². The number of hydrogen-bond donors (Lipinski definition) is 0. The summed E-state index contributed by atoms with van der Waals surface area (Å²) >= 11 is 0. The molecule has 0 radical (unpaired) electrons. The average Bonchev–Trinajstić information content (AvgIpc) is 2.80. The van der Waals surface area contributed by atoms with Crippen molar-refractivity contribution in [3.05, 3.63) is 59.9 Å². The van der Waals surface area contributed by atoms with Crippen LogP contribution in [0.1, 0.15) is 16.1 Å². The average molecular weight is 236 g/mol. The molecule has 0 atom stereocenters. The van der Waals surface area contributed by atoms with Crippen LogP contribution < -0.4 is 0 Å². The number of imidazole rings is 1. The van der Waals surface area contributed by atoms with Crippen LogP contribution in [0.15, 0.2) is 48.7 Å². The number of nitrogens with zero attached hydrogens (tertiary/aromatic N) is 2. The number of aryl methyl sites for hydroxylation is 1. The second-order valence-corrected chi connectivity index (χ2v) is 4.21. The lowest BCUT2D eigenvalue weighted by molar-refractivity contribution is 0.112. The first-order valence-corrected chi connectivity index (χ1v) is 5.79. The van der Waals surface area contributed by atoms with Crippen molar-refractivity contribution in [1.82, 2.24) is 9.38 Å². The molecule has 0 fully saturated rings. The lowest BCUT2D eigenvalue weighted by Crippen LogP contribution is -1.90. The fourth-order valence-corrected chi connectivity index (χ4v) is 2.21. The summed E-state index contributed by atoms with van der Waals surface area (Å²) in [5.74, 6) is 0.802. The predicted octanol–water partition coefficient (Wildman–Crippen LogP) is 3.12. The first-order valence-electron chi connectivity index (χ1n) is 5.79. The van der Waals surface area contributed by atoms with E-state index in [-0.39, 0.29) is 0 Å². The third kappa shape index (κ3) is 1.52. The maximum atomic E-state index is 11.1. The predicted molar refractivity (Wildman–Crippen MR) is 70.8 cm³/mol. The number of hydrogen-bond acceptors (Lipinski definition) is 2. The zero-order valence-electron chi connectivity index (χ0n) is 10.00. The van der Waals surface area contributed by atoms with Gasteiger partial charge in [0.2, 0.25) is 0 Å². The van der Waals surface area contributed by atoms with Gasteiger partial charge in [-0.25, -0.2) is 4.98 Å². The summed E-state index contributed by atoms with van der Waals surface area (Å²) in [6.07, 6.45) is 2.75. The van der Waals surface area contributed by atoms with E-state index in [0.717, 1.165) is 28.8 Å². The maximum absolute atomic E-state index is 11.1. The Morgan fingerprint density at radius 3 is 2.61 bits per heavy atom. The minimum Gasteiger partial charge on any atom is -0.299 e. The molecule has 0 bridgehead atoms. The molecule has 3 aromatic rings. The number of aldehydes is 1. The number of benzene rings is 1. The number of aromatic nitrogens is 2. The van der Waals surface area contributed by atoms with Crippen molar-refractivity contribution in [2.24, 2.45) is 0 Å². The Bertz CT molecular complexity index is 714. The fraction of sp³-hybridized carbons (Fsp3) is 0.0667. The third-order valence-electron chi connectivity index (χ3n) is 3.04. The van der Waals surface area contributed by atoms with Gasteiger partial charge in [0.15, 0.2) is 6.29 Å². The van der Waals surface area contributed by atoms with Gasteiger partial charge in [-0.2, -0.15) is 0 Å². The van der Waals surface area contributed by atoms with Gasteiger partial charge in [-0.1, -0.05) is 36.4 Å². The topological polar surface area (TPSA) is 34.4 Å². The summed E-state index contributed by atoms with van der Waals surface area (Å²) in [4.78, 5) is 15.6. The molecule has 0 unspecified atom stereocenters. The molecule has 0 amide bonds. The van der Waals surface area contributed by atoms with Crippen molar-refractivity contribution in [2.45, 2.75) is 6.92 Å². The van der Waals surface area contributed by atoms with Crippen LogP contribution in [-0.2, 0) is 0 Å². The van der Waals surface area contributed by atoms with E-state index in [1.165, 1.54) is 0 Å². The molecule has 0 saturated carbocycles.